The van der Waals surface area contributed by atoms with E-state index >= 15 is 0 Å². The Morgan fingerprint density at radius 2 is 1.90 bits per heavy atom. The largest absolute Gasteiger partial charge is 0.335 e. The average Bonchev–Trinajstić information content (AvgIpc) is 3.19. The third-order valence-corrected chi connectivity index (χ3v) is 5.31. The van der Waals surface area contributed by atoms with E-state index in [0.717, 1.165) is 44.3 Å². The van der Waals surface area contributed by atoms with Crippen LogP contribution in [0.25, 0.3) is 0 Å². The molecule has 4 rings (SSSR count). The van der Waals surface area contributed by atoms with E-state index in [4.69, 9.17) is 0 Å². The van der Waals surface area contributed by atoms with E-state index in [-0.39, 0.29) is 11.7 Å². The lowest BCUT2D eigenvalue weighted by atomic mass is 10.1. The fourth-order valence-electron chi connectivity index (χ4n) is 4.08. The number of amides is 1. The molecular formula is C17H21FN2O. The third kappa shape index (κ3) is 2.35. The van der Waals surface area contributed by atoms with Gasteiger partial charge in [0.15, 0.2) is 0 Å². The van der Waals surface area contributed by atoms with Gasteiger partial charge in [0.2, 0.25) is 5.91 Å². The molecule has 2 heterocycles. The highest BCUT2D eigenvalue weighted by atomic mass is 19.1. The van der Waals surface area contributed by atoms with Gasteiger partial charge >= 0.3 is 0 Å². The number of hydrogen-bond acceptors (Lipinski definition) is 2. The summed E-state index contributed by atoms with van der Waals surface area (Å²) in [5.74, 6) is 0.546. The molecule has 1 amide bonds. The number of nitrogens with zero attached hydrogens (tertiary/aromatic N) is 1. The van der Waals surface area contributed by atoms with Crippen molar-refractivity contribution < 1.29 is 9.18 Å². The summed E-state index contributed by atoms with van der Waals surface area (Å²) >= 11 is 0. The van der Waals surface area contributed by atoms with Gasteiger partial charge < -0.3 is 10.2 Å². The molecule has 2 aliphatic heterocycles. The van der Waals surface area contributed by atoms with E-state index in [0.29, 0.717) is 23.9 Å². The van der Waals surface area contributed by atoms with E-state index < -0.39 is 0 Å². The second kappa shape index (κ2) is 5.09. The standard InChI is InChI=1S/C17H21FN2O/c18-12-3-1-11(2-4-12)15-9-16(15)17(21)20-13-5-6-14(20)10-19-8-7-13/h1-4,13-16,19H,5-10H2. The quantitative estimate of drug-likeness (QED) is 0.905. The van der Waals surface area contributed by atoms with Gasteiger partial charge in [-0.05, 0) is 55.8 Å². The minimum Gasteiger partial charge on any atom is -0.335 e. The molecule has 1 saturated carbocycles. The van der Waals surface area contributed by atoms with Crippen LogP contribution in [0, 0.1) is 11.7 Å². The molecule has 21 heavy (non-hydrogen) atoms. The van der Waals surface area contributed by atoms with Gasteiger partial charge in [0.1, 0.15) is 5.82 Å². The summed E-state index contributed by atoms with van der Waals surface area (Å²) < 4.78 is 13.0. The van der Waals surface area contributed by atoms with Crippen molar-refractivity contribution in [2.24, 2.45) is 5.92 Å². The molecule has 1 aromatic carbocycles. The van der Waals surface area contributed by atoms with Crippen molar-refractivity contribution >= 4 is 5.91 Å². The van der Waals surface area contributed by atoms with Crippen molar-refractivity contribution in [3.8, 4) is 0 Å². The predicted molar refractivity (Wildman–Crippen MR) is 78.4 cm³/mol. The van der Waals surface area contributed by atoms with Crippen LogP contribution in [-0.2, 0) is 4.79 Å². The van der Waals surface area contributed by atoms with Crippen LogP contribution in [0.3, 0.4) is 0 Å². The highest BCUT2D eigenvalue weighted by Crippen LogP contribution is 2.49. The smallest absolute Gasteiger partial charge is 0.226 e. The van der Waals surface area contributed by atoms with Crippen molar-refractivity contribution in [2.75, 3.05) is 13.1 Å². The molecule has 4 atom stereocenters. The van der Waals surface area contributed by atoms with Gasteiger partial charge in [-0.25, -0.2) is 4.39 Å². The first-order valence-electron chi connectivity index (χ1n) is 8.02. The van der Waals surface area contributed by atoms with E-state index in [1.54, 1.807) is 0 Å². The first kappa shape index (κ1) is 13.3. The summed E-state index contributed by atoms with van der Waals surface area (Å²) in [5, 5.41) is 3.44. The Hall–Kier alpha value is -1.42. The Bertz CT molecular complexity index is 530. The van der Waals surface area contributed by atoms with Gasteiger partial charge in [-0.3, -0.25) is 4.79 Å². The molecule has 1 aromatic rings. The monoisotopic (exact) mass is 288 g/mol. The fourth-order valence-corrected chi connectivity index (χ4v) is 4.08. The summed E-state index contributed by atoms with van der Waals surface area (Å²) in [6.45, 7) is 1.97. The molecule has 4 heteroatoms. The number of halogens is 1. The molecule has 0 spiro atoms. The summed E-state index contributed by atoms with van der Waals surface area (Å²) in [7, 11) is 0. The molecule has 2 bridgehead atoms. The number of carbonyl (C=O) groups is 1. The lowest BCUT2D eigenvalue weighted by Gasteiger charge is -2.28. The second-order valence-corrected chi connectivity index (χ2v) is 6.62. The topological polar surface area (TPSA) is 32.3 Å². The maximum atomic E-state index is 13.0. The molecule has 3 aliphatic rings. The summed E-state index contributed by atoms with van der Waals surface area (Å²) in [6.07, 6.45) is 4.30. The van der Waals surface area contributed by atoms with E-state index in [1.165, 1.54) is 12.1 Å². The Morgan fingerprint density at radius 1 is 1.14 bits per heavy atom. The van der Waals surface area contributed by atoms with Gasteiger partial charge in [0, 0.05) is 24.5 Å². The summed E-state index contributed by atoms with van der Waals surface area (Å²) in [4.78, 5) is 15.0. The molecule has 3 fully saturated rings. The van der Waals surface area contributed by atoms with Gasteiger partial charge in [-0.15, -0.1) is 0 Å². The normalized spacial score (nSPS) is 34.6. The van der Waals surface area contributed by atoms with Gasteiger partial charge in [0.25, 0.3) is 0 Å². The minimum atomic E-state index is -0.209. The summed E-state index contributed by atoms with van der Waals surface area (Å²) in [5.41, 5.74) is 1.11. The van der Waals surface area contributed by atoms with Crippen molar-refractivity contribution in [3.05, 3.63) is 35.6 Å². The van der Waals surface area contributed by atoms with Crippen LogP contribution in [0.5, 0.6) is 0 Å². The van der Waals surface area contributed by atoms with Crippen LogP contribution in [0.15, 0.2) is 24.3 Å². The first-order valence-corrected chi connectivity index (χ1v) is 8.02. The summed E-state index contributed by atoms with van der Waals surface area (Å²) in [6, 6.07) is 7.47. The van der Waals surface area contributed by atoms with Crippen LogP contribution in [0.4, 0.5) is 4.39 Å². The third-order valence-electron chi connectivity index (χ3n) is 5.31. The highest BCUT2D eigenvalue weighted by molar-refractivity contribution is 5.84. The number of hydrogen-bond donors (Lipinski definition) is 1. The highest BCUT2D eigenvalue weighted by Gasteiger charge is 2.49. The Morgan fingerprint density at radius 3 is 2.71 bits per heavy atom. The lowest BCUT2D eigenvalue weighted by Crippen LogP contribution is -2.43. The zero-order valence-corrected chi connectivity index (χ0v) is 12.1. The van der Waals surface area contributed by atoms with E-state index in [1.807, 2.05) is 12.1 Å². The van der Waals surface area contributed by atoms with Crippen LogP contribution in [0.1, 0.15) is 37.2 Å². The molecule has 1 N–H and O–H groups in total. The van der Waals surface area contributed by atoms with Crippen molar-refractivity contribution in [2.45, 2.75) is 43.7 Å². The van der Waals surface area contributed by atoms with E-state index in [2.05, 4.69) is 10.2 Å². The average molecular weight is 288 g/mol. The SMILES string of the molecule is O=C(C1CC1c1ccc(F)cc1)N1C2CCNCC1CC2. The van der Waals surface area contributed by atoms with Crippen LogP contribution >= 0.6 is 0 Å². The lowest BCUT2D eigenvalue weighted by molar-refractivity contribution is -0.135. The zero-order valence-electron chi connectivity index (χ0n) is 12.1. The molecule has 0 aromatic heterocycles. The van der Waals surface area contributed by atoms with E-state index in [9.17, 15) is 9.18 Å². The first-order chi connectivity index (χ1) is 10.2. The molecule has 1 aliphatic carbocycles. The number of carbonyl (C=O) groups excluding carboxylic acids is 1. The maximum absolute atomic E-state index is 13.0. The predicted octanol–water partition coefficient (Wildman–Crippen LogP) is 2.28. The number of fused-ring (bicyclic) bond motifs is 2. The van der Waals surface area contributed by atoms with Crippen LogP contribution in [-0.4, -0.2) is 36.0 Å². The molecule has 2 saturated heterocycles. The molecular weight excluding hydrogens is 267 g/mol. The number of rotatable bonds is 2. The Labute approximate surface area is 124 Å². The molecule has 3 nitrogen and oxygen atoms in total. The molecule has 0 radical (unpaired) electrons. The second-order valence-electron chi connectivity index (χ2n) is 6.62. The van der Waals surface area contributed by atoms with Crippen molar-refractivity contribution in [1.29, 1.82) is 0 Å². The molecule has 112 valence electrons. The minimum absolute atomic E-state index is 0.122. The number of benzene rings is 1. The Kier molecular flexibility index (Phi) is 3.21. The Balaban J connectivity index is 1.48. The van der Waals surface area contributed by atoms with Crippen molar-refractivity contribution in [3.63, 3.8) is 0 Å². The van der Waals surface area contributed by atoms with Crippen LogP contribution < -0.4 is 5.32 Å². The molecule has 4 unspecified atom stereocenters. The van der Waals surface area contributed by atoms with Crippen LogP contribution in [0.2, 0.25) is 0 Å². The van der Waals surface area contributed by atoms with Gasteiger partial charge in [0.05, 0.1) is 0 Å². The van der Waals surface area contributed by atoms with Crippen molar-refractivity contribution in [1.82, 2.24) is 10.2 Å². The zero-order chi connectivity index (χ0) is 14.4. The van der Waals surface area contributed by atoms with Gasteiger partial charge in [-0.2, -0.15) is 0 Å². The maximum Gasteiger partial charge on any atom is 0.226 e. The fraction of sp³-hybridized carbons (Fsp3) is 0.588. The van der Waals surface area contributed by atoms with Gasteiger partial charge in [-0.1, -0.05) is 12.1 Å². The number of nitrogens with one attached hydrogen (secondary N) is 1.